The molecule has 0 atom stereocenters. The molecule has 1 aliphatic heterocycles. The minimum atomic E-state index is -0.0835. The zero-order valence-electron chi connectivity index (χ0n) is 17.3. The molecule has 5 rings (SSSR count). The Bertz CT molecular complexity index is 523. The number of nitrogens with zero attached hydrogens (tertiary/aromatic N) is 1. The van der Waals surface area contributed by atoms with Gasteiger partial charge in [0.05, 0.1) is 0 Å². The second-order valence-corrected chi connectivity index (χ2v) is 9.93. The Balaban J connectivity index is 1.07. The molecule has 4 bridgehead atoms. The van der Waals surface area contributed by atoms with Crippen molar-refractivity contribution >= 4 is 11.9 Å². The second kappa shape index (κ2) is 9.02. The molecule has 0 radical (unpaired) electrons. The van der Waals surface area contributed by atoms with E-state index in [2.05, 4.69) is 20.9 Å². The first-order valence-corrected chi connectivity index (χ1v) is 11.7. The van der Waals surface area contributed by atoms with Crippen molar-refractivity contribution in [3.05, 3.63) is 0 Å². The van der Waals surface area contributed by atoms with Crippen molar-refractivity contribution in [1.82, 2.24) is 20.9 Å². The number of amides is 3. The molecule has 1 heterocycles. The fourth-order valence-electron chi connectivity index (χ4n) is 6.64. The van der Waals surface area contributed by atoms with E-state index in [1.165, 1.54) is 51.6 Å². The number of hydrogen-bond donors (Lipinski definition) is 3. The Morgan fingerprint density at radius 2 is 1.50 bits per heavy atom. The lowest BCUT2D eigenvalue weighted by atomic mass is 9.53. The molecule has 158 valence electrons. The van der Waals surface area contributed by atoms with Crippen molar-refractivity contribution in [3.63, 3.8) is 0 Å². The third-order valence-corrected chi connectivity index (χ3v) is 7.48. The quantitative estimate of drug-likeness (QED) is 0.558. The molecule has 4 saturated carbocycles. The molecule has 0 aromatic heterocycles. The number of rotatable bonds is 8. The molecule has 28 heavy (non-hydrogen) atoms. The van der Waals surface area contributed by atoms with Crippen LogP contribution in [0.15, 0.2) is 0 Å². The Morgan fingerprint density at radius 3 is 2.14 bits per heavy atom. The maximum Gasteiger partial charge on any atom is 0.315 e. The standard InChI is InChI=1S/C22H38N4O2/c27-20(23-6-4-10-26-8-2-1-3-9-26)5-7-24-21(28)25-22-14-17-11-18(15-22)13-19(12-17)16-22/h17-19H,1-16H2,(H,23,27)(H2,24,25,28). The van der Waals surface area contributed by atoms with Gasteiger partial charge in [0.25, 0.3) is 0 Å². The summed E-state index contributed by atoms with van der Waals surface area (Å²) in [6, 6.07) is -0.0835. The van der Waals surface area contributed by atoms with Crippen LogP contribution in [0.3, 0.4) is 0 Å². The van der Waals surface area contributed by atoms with Crippen LogP contribution in [0.25, 0.3) is 0 Å². The molecule has 3 amide bonds. The Labute approximate surface area is 169 Å². The number of likely N-dealkylation sites (tertiary alicyclic amines) is 1. The summed E-state index contributed by atoms with van der Waals surface area (Å²) in [4.78, 5) is 26.9. The zero-order chi connectivity index (χ0) is 19.4. The summed E-state index contributed by atoms with van der Waals surface area (Å²) in [5.74, 6) is 2.50. The van der Waals surface area contributed by atoms with Crippen molar-refractivity contribution in [1.29, 1.82) is 0 Å². The van der Waals surface area contributed by atoms with Gasteiger partial charge >= 0.3 is 6.03 Å². The van der Waals surface area contributed by atoms with Crippen molar-refractivity contribution in [2.24, 2.45) is 17.8 Å². The molecule has 6 heteroatoms. The third kappa shape index (κ3) is 5.19. The lowest BCUT2D eigenvalue weighted by Gasteiger charge is -2.56. The van der Waals surface area contributed by atoms with Crippen LogP contribution in [0.4, 0.5) is 4.79 Å². The first kappa shape index (κ1) is 20.0. The van der Waals surface area contributed by atoms with Crippen LogP contribution >= 0.6 is 0 Å². The minimum Gasteiger partial charge on any atom is -0.356 e. The first-order valence-electron chi connectivity index (χ1n) is 11.7. The van der Waals surface area contributed by atoms with E-state index in [-0.39, 0.29) is 17.5 Å². The largest absolute Gasteiger partial charge is 0.356 e. The highest BCUT2D eigenvalue weighted by atomic mass is 16.2. The van der Waals surface area contributed by atoms with Gasteiger partial charge in [0.15, 0.2) is 0 Å². The average molecular weight is 391 g/mol. The first-order chi connectivity index (χ1) is 13.6. The Morgan fingerprint density at radius 1 is 0.857 bits per heavy atom. The molecule has 0 unspecified atom stereocenters. The van der Waals surface area contributed by atoms with Crippen LogP contribution in [-0.4, -0.2) is 55.1 Å². The fraction of sp³-hybridized carbons (Fsp3) is 0.909. The van der Waals surface area contributed by atoms with Crippen LogP contribution < -0.4 is 16.0 Å². The van der Waals surface area contributed by atoms with E-state index in [0.29, 0.717) is 13.0 Å². The van der Waals surface area contributed by atoms with E-state index in [0.717, 1.165) is 56.5 Å². The lowest BCUT2D eigenvalue weighted by Crippen LogP contribution is -2.61. The van der Waals surface area contributed by atoms with Crippen molar-refractivity contribution in [2.75, 3.05) is 32.7 Å². The van der Waals surface area contributed by atoms with Crippen molar-refractivity contribution < 1.29 is 9.59 Å². The molecule has 4 aliphatic carbocycles. The molecule has 0 aromatic rings. The van der Waals surface area contributed by atoms with Gasteiger partial charge in [0.1, 0.15) is 0 Å². The summed E-state index contributed by atoms with van der Waals surface area (Å²) in [7, 11) is 0. The highest BCUT2D eigenvalue weighted by Crippen LogP contribution is 2.55. The molecule has 3 N–H and O–H groups in total. The van der Waals surface area contributed by atoms with Gasteiger partial charge in [0.2, 0.25) is 5.91 Å². The summed E-state index contributed by atoms with van der Waals surface area (Å²) >= 11 is 0. The minimum absolute atomic E-state index is 0.0359. The van der Waals surface area contributed by atoms with Gasteiger partial charge < -0.3 is 20.9 Å². The van der Waals surface area contributed by atoms with Crippen LogP contribution in [-0.2, 0) is 4.79 Å². The molecule has 0 spiro atoms. The molecular weight excluding hydrogens is 352 g/mol. The van der Waals surface area contributed by atoms with Crippen LogP contribution in [0.5, 0.6) is 0 Å². The normalized spacial score (nSPS) is 34.2. The molecule has 6 nitrogen and oxygen atoms in total. The van der Waals surface area contributed by atoms with E-state index in [1.807, 2.05) is 0 Å². The molecule has 0 aromatic carbocycles. The Kier molecular flexibility index (Phi) is 6.44. The monoisotopic (exact) mass is 390 g/mol. The van der Waals surface area contributed by atoms with Crippen molar-refractivity contribution in [2.45, 2.75) is 76.2 Å². The summed E-state index contributed by atoms with van der Waals surface area (Å²) in [5.41, 5.74) is 0.0372. The predicted octanol–water partition coefficient (Wildman–Crippen LogP) is 2.64. The van der Waals surface area contributed by atoms with Gasteiger partial charge in [-0.15, -0.1) is 0 Å². The zero-order valence-corrected chi connectivity index (χ0v) is 17.3. The van der Waals surface area contributed by atoms with Crippen LogP contribution in [0, 0.1) is 17.8 Å². The van der Waals surface area contributed by atoms with Gasteiger partial charge in [-0.3, -0.25) is 4.79 Å². The average Bonchev–Trinajstić information content (AvgIpc) is 2.64. The molecule has 1 saturated heterocycles. The smallest absolute Gasteiger partial charge is 0.315 e. The number of hydrogen-bond acceptors (Lipinski definition) is 3. The van der Waals surface area contributed by atoms with Crippen molar-refractivity contribution in [3.8, 4) is 0 Å². The number of carbonyl (C=O) groups is 2. The second-order valence-electron chi connectivity index (χ2n) is 9.93. The predicted molar refractivity (Wildman–Crippen MR) is 110 cm³/mol. The maximum absolute atomic E-state index is 12.4. The summed E-state index contributed by atoms with van der Waals surface area (Å²) in [5, 5.41) is 9.20. The summed E-state index contributed by atoms with van der Waals surface area (Å²) < 4.78 is 0. The van der Waals surface area contributed by atoms with Crippen LogP contribution in [0.1, 0.15) is 70.6 Å². The summed E-state index contributed by atoms with van der Waals surface area (Å²) in [6.07, 6.45) is 12.9. The number of carbonyl (C=O) groups excluding carboxylic acids is 2. The third-order valence-electron chi connectivity index (χ3n) is 7.48. The molecular formula is C22H38N4O2. The van der Waals surface area contributed by atoms with Crippen LogP contribution in [0.2, 0.25) is 0 Å². The number of piperidine rings is 1. The molecule has 5 fully saturated rings. The van der Waals surface area contributed by atoms with E-state index in [1.54, 1.807) is 0 Å². The van der Waals surface area contributed by atoms with Gasteiger partial charge in [0, 0.05) is 25.0 Å². The SMILES string of the molecule is O=C(CCNC(=O)NC12CC3CC(CC(C3)C1)C2)NCCCN1CCCCC1. The van der Waals surface area contributed by atoms with E-state index in [4.69, 9.17) is 0 Å². The number of urea groups is 1. The molecule has 5 aliphatic rings. The Hall–Kier alpha value is -1.30. The van der Waals surface area contributed by atoms with Gasteiger partial charge in [-0.05, 0) is 95.2 Å². The summed E-state index contributed by atoms with van der Waals surface area (Å²) in [6.45, 7) is 4.63. The van der Waals surface area contributed by atoms with E-state index in [9.17, 15) is 9.59 Å². The van der Waals surface area contributed by atoms with Gasteiger partial charge in [-0.25, -0.2) is 4.79 Å². The lowest BCUT2D eigenvalue weighted by molar-refractivity contribution is -0.120. The van der Waals surface area contributed by atoms with E-state index >= 15 is 0 Å². The topological polar surface area (TPSA) is 73.5 Å². The van der Waals surface area contributed by atoms with Gasteiger partial charge in [-0.2, -0.15) is 0 Å². The highest BCUT2D eigenvalue weighted by molar-refractivity contribution is 5.78. The fourth-order valence-corrected chi connectivity index (χ4v) is 6.64. The number of nitrogens with one attached hydrogen (secondary N) is 3. The van der Waals surface area contributed by atoms with E-state index < -0.39 is 0 Å². The van der Waals surface area contributed by atoms with Gasteiger partial charge in [-0.1, -0.05) is 6.42 Å². The highest BCUT2D eigenvalue weighted by Gasteiger charge is 2.51. The maximum atomic E-state index is 12.4.